The van der Waals surface area contributed by atoms with E-state index in [0.717, 1.165) is 32.1 Å². The molecule has 0 aromatic carbocycles. The lowest BCUT2D eigenvalue weighted by Crippen LogP contribution is -2.28. The van der Waals surface area contributed by atoms with Crippen molar-refractivity contribution >= 4 is 5.78 Å². The lowest BCUT2D eigenvalue weighted by molar-refractivity contribution is -0.121. The van der Waals surface area contributed by atoms with Crippen LogP contribution in [-0.4, -0.2) is 27.7 Å². The highest BCUT2D eigenvalue weighted by molar-refractivity contribution is 5.84. The van der Waals surface area contributed by atoms with Crippen LogP contribution < -0.4 is 0 Å². The summed E-state index contributed by atoms with van der Waals surface area (Å²) in [4.78, 5) is 12.2. The number of hydrogen-bond donors (Lipinski definition) is 2. The first kappa shape index (κ1) is 23.0. The van der Waals surface area contributed by atoms with Crippen molar-refractivity contribution in [2.45, 2.75) is 96.2 Å². The van der Waals surface area contributed by atoms with E-state index in [9.17, 15) is 19.4 Å². The maximum atomic E-state index is 13.7. The monoisotopic (exact) mass is 368 g/mol. The van der Waals surface area contributed by atoms with Crippen LogP contribution in [0.3, 0.4) is 0 Å². The van der Waals surface area contributed by atoms with Gasteiger partial charge in [0.25, 0.3) is 0 Å². The molecule has 0 aromatic rings. The number of ketones is 1. The van der Waals surface area contributed by atoms with Crippen LogP contribution in [0.1, 0.15) is 84.5 Å². The van der Waals surface area contributed by atoms with Crippen molar-refractivity contribution in [3.05, 3.63) is 24.6 Å². The Labute approximate surface area is 158 Å². The fourth-order valence-electron chi connectivity index (χ4n) is 3.80. The molecule has 0 saturated heterocycles. The SMILES string of the molecule is C=C(F)C(O)(CC=C[C@H]1[C@H](O)CC(=O)[C@@H]1CCCCCCC)CCCC. The van der Waals surface area contributed by atoms with Gasteiger partial charge in [0.1, 0.15) is 17.2 Å². The minimum atomic E-state index is -1.55. The first-order valence-corrected chi connectivity index (χ1v) is 10.3. The number of aliphatic hydroxyl groups is 2. The van der Waals surface area contributed by atoms with E-state index in [1.807, 2.05) is 13.0 Å². The first-order chi connectivity index (χ1) is 12.4. The summed E-state index contributed by atoms with van der Waals surface area (Å²) in [6.07, 6.45) is 11.6. The molecule has 1 aliphatic rings. The van der Waals surface area contributed by atoms with Crippen molar-refractivity contribution in [3.63, 3.8) is 0 Å². The minimum Gasteiger partial charge on any atom is -0.392 e. The van der Waals surface area contributed by atoms with Crippen molar-refractivity contribution in [1.82, 2.24) is 0 Å². The van der Waals surface area contributed by atoms with Gasteiger partial charge in [-0.05, 0) is 12.8 Å². The van der Waals surface area contributed by atoms with Crippen LogP contribution in [0.25, 0.3) is 0 Å². The molecule has 0 bridgehead atoms. The fourth-order valence-corrected chi connectivity index (χ4v) is 3.80. The highest BCUT2D eigenvalue weighted by atomic mass is 19.1. The second kappa shape index (κ2) is 11.7. The molecule has 0 heterocycles. The van der Waals surface area contributed by atoms with Gasteiger partial charge in [0.15, 0.2) is 0 Å². The summed E-state index contributed by atoms with van der Waals surface area (Å²) in [7, 11) is 0. The summed E-state index contributed by atoms with van der Waals surface area (Å²) in [5, 5.41) is 20.7. The molecule has 0 amide bonds. The maximum absolute atomic E-state index is 13.7. The quantitative estimate of drug-likeness (QED) is 0.344. The Hall–Kier alpha value is -1.00. The third-order valence-corrected chi connectivity index (χ3v) is 5.61. The van der Waals surface area contributed by atoms with Gasteiger partial charge >= 0.3 is 0 Å². The van der Waals surface area contributed by atoms with Crippen LogP contribution in [-0.2, 0) is 4.79 Å². The molecular formula is C22H37FO3. The van der Waals surface area contributed by atoms with Gasteiger partial charge in [-0.1, -0.05) is 77.5 Å². The lowest BCUT2D eigenvalue weighted by atomic mass is 9.87. The molecule has 1 unspecified atom stereocenters. The summed E-state index contributed by atoms with van der Waals surface area (Å²) >= 11 is 0. The van der Waals surface area contributed by atoms with Gasteiger partial charge in [0.05, 0.1) is 6.10 Å². The molecule has 0 spiro atoms. The Morgan fingerprint density at radius 2 is 1.88 bits per heavy atom. The Bertz CT molecular complexity index is 474. The molecule has 150 valence electrons. The fraction of sp³-hybridized carbons (Fsp3) is 0.773. The van der Waals surface area contributed by atoms with E-state index in [4.69, 9.17) is 0 Å². The zero-order valence-corrected chi connectivity index (χ0v) is 16.6. The third-order valence-electron chi connectivity index (χ3n) is 5.61. The number of Topliss-reactive ketones (excluding diaryl/α,β-unsaturated/α-hetero) is 1. The summed E-state index contributed by atoms with van der Waals surface area (Å²) < 4.78 is 13.7. The molecule has 26 heavy (non-hydrogen) atoms. The van der Waals surface area contributed by atoms with Crippen LogP contribution in [0.4, 0.5) is 4.39 Å². The molecule has 4 heteroatoms. The highest BCUT2D eigenvalue weighted by Crippen LogP contribution is 2.35. The number of rotatable bonds is 13. The second-order valence-corrected chi connectivity index (χ2v) is 7.80. The molecule has 0 aliphatic heterocycles. The Kier molecular flexibility index (Phi) is 10.3. The standard InChI is InChI=1S/C22H37FO3/c1-4-6-8-9-10-12-18-19(21(25)16-20(18)24)13-11-15-22(26,17(3)23)14-7-5-2/h11,13,18-19,21,25-26H,3-10,12,14-16H2,1-2H3/t18-,19-,21-,22?/m1/s1. The first-order valence-electron chi connectivity index (χ1n) is 10.3. The van der Waals surface area contributed by atoms with E-state index in [2.05, 4.69) is 13.5 Å². The Balaban J connectivity index is 2.63. The molecule has 1 saturated carbocycles. The van der Waals surface area contributed by atoms with E-state index >= 15 is 0 Å². The largest absolute Gasteiger partial charge is 0.392 e. The van der Waals surface area contributed by atoms with Crippen molar-refractivity contribution in [2.75, 3.05) is 0 Å². The van der Waals surface area contributed by atoms with Crippen molar-refractivity contribution in [2.24, 2.45) is 11.8 Å². The van der Waals surface area contributed by atoms with Gasteiger partial charge in [0.2, 0.25) is 0 Å². The zero-order chi connectivity index (χ0) is 19.6. The number of hydrogen-bond acceptors (Lipinski definition) is 3. The number of carbonyl (C=O) groups is 1. The summed E-state index contributed by atoms with van der Waals surface area (Å²) in [5.74, 6) is -0.970. The average Bonchev–Trinajstić information content (AvgIpc) is 2.86. The van der Waals surface area contributed by atoms with Crippen molar-refractivity contribution < 1.29 is 19.4 Å². The van der Waals surface area contributed by atoms with Gasteiger partial charge in [0, 0.05) is 24.7 Å². The van der Waals surface area contributed by atoms with Crippen LogP contribution in [0.2, 0.25) is 0 Å². The van der Waals surface area contributed by atoms with Crippen LogP contribution in [0, 0.1) is 11.8 Å². The zero-order valence-electron chi connectivity index (χ0n) is 16.6. The number of aliphatic hydroxyl groups excluding tert-OH is 1. The highest BCUT2D eigenvalue weighted by Gasteiger charge is 2.39. The van der Waals surface area contributed by atoms with Gasteiger partial charge in [-0.25, -0.2) is 4.39 Å². The molecule has 1 rings (SSSR count). The topological polar surface area (TPSA) is 57.5 Å². The predicted octanol–water partition coefficient (Wildman–Crippen LogP) is 5.26. The number of unbranched alkanes of at least 4 members (excludes halogenated alkanes) is 5. The van der Waals surface area contributed by atoms with Gasteiger partial charge in [-0.3, -0.25) is 4.79 Å². The van der Waals surface area contributed by atoms with Gasteiger partial charge < -0.3 is 10.2 Å². The number of halogens is 1. The molecule has 0 aromatic heterocycles. The minimum absolute atomic E-state index is 0.124. The van der Waals surface area contributed by atoms with Crippen LogP contribution in [0.15, 0.2) is 24.6 Å². The average molecular weight is 369 g/mol. The van der Waals surface area contributed by atoms with E-state index in [-0.39, 0.29) is 30.5 Å². The molecule has 3 nitrogen and oxygen atoms in total. The van der Waals surface area contributed by atoms with Crippen molar-refractivity contribution in [3.8, 4) is 0 Å². The number of carbonyl (C=O) groups excluding carboxylic acids is 1. The van der Waals surface area contributed by atoms with E-state index in [1.54, 1.807) is 6.08 Å². The molecule has 0 radical (unpaired) electrons. The maximum Gasteiger partial charge on any atom is 0.139 e. The Morgan fingerprint density at radius 3 is 2.50 bits per heavy atom. The van der Waals surface area contributed by atoms with E-state index in [1.165, 1.54) is 19.3 Å². The smallest absolute Gasteiger partial charge is 0.139 e. The Morgan fingerprint density at radius 1 is 1.23 bits per heavy atom. The summed E-state index contributed by atoms with van der Waals surface area (Å²) in [6, 6.07) is 0. The molecule has 2 N–H and O–H groups in total. The normalized spacial score (nSPS) is 25.7. The van der Waals surface area contributed by atoms with Gasteiger partial charge in [-0.2, -0.15) is 0 Å². The second-order valence-electron chi connectivity index (χ2n) is 7.80. The molecule has 1 fully saturated rings. The molecule has 4 atom stereocenters. The van der Waals surface area contributed by atoms with Crippen LogP contribution in [0.5, 0.6) is 0 Å². The summed E-state index contributed by atoms with van der Waals surface area (Å²) in [5.41, 5.74) is -1.55. The molecular weight excluding hydrogens is 331 g/mol. The third kappa shape index (κ3) is 6.96. The van der Waals surface area contributed by atoms with Crippen LogP contribution >= 0.6 is 0 Å². The lowest BCUT2D eigenvalue weighted by Gasteiger charge is -2.25. The van der Waals surface area contributed by atoms with Crippen molar-refractivity contribution in [1.29, 1.82) is 0 Å². The predicted molar refractivity (Wildman–Crippen MR) is 104 cm³/mol. The van der Waals surface area contributed by atoms with E-state index < -0.39 is 17.5 Å². The summed E-state index contributed by atoms with van der Waals surface area (Å²) in [6.45, 7) is 7.44. The molecule has 1 aliphatic carbocycles. The van der Waals surface area contributed by atoms with E-state index in [0.29, 0.717) is 6.42 Å². The van der Waals surface area contributed by atoms with Gasteiger partial charge in [-0.15, -0.1) is 0 Å².